The number of nitrogens with zero attached hydrogens (tertiary/aromatic N) is 5. The second-order valence-corrected chi connectivity index (χ2v) is 9.21. The molecule has 0 bridgehead atoms. The van der Waals surface area contributed by atoms with Gasteiger partial charge in [0.2, 0.25) is 5.91 Å². The molecule has 3 aromatic rings. The van der Waals surface area contributed by atoms with Gasteiger partial charge in [-0.2, -0.15) is 5.26 Å². The molecule has 1 saturated carbocycles. The lowest BCUT2D eigenvalue weighted by Gasteiger charge is -2.41. The van der Waals surface area contributed by atoms with E-state index in [2.05, 4.69) is 41.1 Å². The molecule has 1 amide bonds. The van der Waals surface area contributed by atoms with Crippen LogP contribution in [-0.4, -0.2) is 60.2 Å². The van der Waals surface area contributed by atoms with Crippen molar-refractivity contribution in [3.63, 3.8) is 0 Å². The number of nitriles is 1. The zero-order chi connectivity index (χ0) is 23.7. The number of pyridine rings is 2. The fraction of sp³-hybridized carbons (Fsp3) is 0.407. The van der Waals surface area contributed by atoms with E-state index in [9.17, 15) is 10.1 Å². The van der Waals surface area contributed by atoms with Crippen LogP contribution in [0.25, 0.3) is 21.9 Å². The van der Waals surface area contributed by atoms with E-state index in [1.54, 1.807) is 13.3 Å². The van der Waals surface area contributed by atoms with Gasteiger partial charge >= 0.3 is 0 Å². The molecule has 3 heterocycles. The number of hydrogen-bond donors (Lipinski definition) is 0. The minimum atomic E-state index is 0.0413. The van der Waals surface area contributed by atoms with Gasteiger partial charge in [0.25, 0.3) is 0 Å². The minimum absolute atomic E-state index is 0.0413. The summed E-state index contributed by atoms with van der Waals surface area (Å²) in [5.41, 5.74) is 3.75. The van der Waals surface area contributed by atoms with Crippen molar-refractivity contribution >= 4 is 22.5 Å². The van der Waals surface area contributed by atoms with E-state index in [0.29, 0.717) is 44.1 Å². The number of fused-ring (bicyclic) bond motifs is 1. The zero-order valence-corrected chi connectivity index (χ0v) is 19.7. The van der Waals surface area contributed by atoms with Crippen LogP contribution < -0.4 is 4.90 Å². The number of anilines is 1. The first-order valence-corrected chi connectivity index (χ1v) is 11.9. The number of methoxy groups -OCH3 is 1. The Hall–Kier alpha value is -3.50. The number of aromatic nitrogens is 2. The number of amides is 1. The van der Waals surface area contributed by atoms with Gasteiger partial charge < -0.3 is 14.5 Å². The van der Waals surface area contributed by atoms with Crippen LogP contribution in [0.2, 0.25) is 0 Å². The third-order valence-corrected chi connectivity index (χ3v) is 6.86. The fourth-order valence-electron chi connectivity index (χ4n) is 4.93. The summed E-state index contributed by atoms with van der Waals surface area (Å²) >= 11 is 0. The van der Waals surface area contributed by atoms with Crippen LogP contribution in [0.15, 0.2) is 42.7 Å². The molecule has 1 saturated heterocycles. The van der Waals surface area contributed by atoms with Gasteiger partial charge in [-0.1, -0.05) is 18.2 Å². The Morgan fingerprint density at radius 1 is 1.24 bits per heavy atom. The van der Waals surface area contributed by atoms with Crippen LogP contribution in [0.3, 0.4) is 0 Å². The van der Waals surface area contributed by atoms with Crippen molar-refractivity contribution in [1.29, 1.82) is 5.26 Å². The lowest BCUT2D eigenvalue weighted by atomic mass is 9.95. The molecule has 1 aliphatic heterocycles. The molecule has 0 radical (unpaired) electrons. The number of ether oxygens (including phenoxy) is 1. The van der Waals surface area contributed by atoms with Crippen molar-refractivity contribution < 1.29 is 9.53 Å². The van der Waals surface area contributed by atoms with Crippen molar-refractivity contribution in [1.82, 2.24) is 14.9 Å². The van der Waals surface area contributed by atoms with Gasteiger partial charge in [0.1, 0.15) is 11.9 Å². The summed E-state index contributed by atoms with van der Waals surface area (Å²) in [4.78, 5) is 26.1. The van der Waals surface area contributed by atoms with Crippen LogP contribution >= 0.6 is 0 Å². The predicted octanol–water partition coefficient (Wildman–Crippen LogP) is 4.12. The summed E-state index contributed by atoms with van der Waals surface area (Å²) in [5, 5.41) is 12.3. The Balaban J connectivity index is 1.50. The van der Waals surface area contributed by atoms with E-state index >= 15 is 0 Å². The molecule has 5 rings (SSSR count). The van der Waals surface area contributed by atoms with E-state index < -0.39 is 0 Å². The Bertz CT molecular complexity index is 1260. The summed E-state index contributed by atoms with van der Waals surface area (Å²) in [7, 11) is 1.61. The van der Waals surface area contributed by atoms with Gasteiger partial charge in [-0.15, -0.1) is 0 Å². The van der Waals surface area contributed by atoms with Gasteiger partial charge in [0.15, 0.2) is 0 Å². The summed E-state index contributed by atoms with van der Waals surface area (Å²) in [6.07, 6.45) is 6.32. The molecule has 7 nitrogen and oxygen atoms in total. The number of carbonyl (C=O) groups is 1. The van der Waals surface area contributed by atoms with Crippen molar-refractivity contribution in [2.75, 3.05) is 38.3 Å². The highest BCUT2D eigenvalue weighted by Gasteiger charge is 2.33. The van der Waals surface area contributed by atoms with E-state index in [1.165, 1.54) is 0 Å². The summed E-state index contributed by atoms with van der Waals surface area (Å²) in [6, 6.07) is 12.7. The average Bonchev–Trinajstić information content (AvgIpc) is 3.71. The molecule has 7 heteroatoms. The molecule has 0 spiro atoms. The normalized spacial score (nSPS) is 18.2. The Labute approximate surface area is 200 Å². The van der Waals surface area contributed by atoms with Crippen molar-refractivity contribution in [2.45, 2.75) is 38.1 Å². The SMILES string of the molecule is COCCC(=O)N1CCN(c2nc(C3CC3)c(-c3cccc4ccncc34)cc2C#N)C[C@H]1C. The van der Waals surface area contributed by atoms with Crippen LogP contribution in [0, 0.1) is 11.3 Å². The monoisotopic (exact) mass is 455 g/mol. The second kappa shape index (κ2) is 9.40. The van der Waals surface area contributed by atoms with E-state index in [-0.39, 0.29) is 11.9 Å². The lowest BCUT2D eigenvalue weighted by molar-refractivity contribution is -0.134. The topological polar surface area (TPSA) is 82.3 Å². The smallest absolute Gasteiger partial charge is 0.225 e. The molecule has 174 valence electrons. The first kappa shape index (κ1) is 22.3. The zero-order valence-electron chi connectivity index (χ0n) is 19.7. The van der Waals surface area contributed by atoms with Crippen molar-refractivity contribution in [3.05, 3.63) is 54.0 Å². The van der Waals surface area contributed by atoms with Gasteiger partial charge in [-0.05, 0) is 42.8 Å². The van der Waals surface area contributed by atoms with E-state index in [4.69, 9.17) is 9.72 Å². The fourth-order valence-corrected chi connectivity index (χ4v) is 4.93. The number of rotatable bonds is 6. The van der Waals surface area contributed by atoms with Gasteiger partial charge in [0.05, 0.1) is 24.3 Å². The molecule has 1 atom stereocenters. The third kappa shape index (κ3) is 4.22. The number of hydrogen-bond acceptors (Lipinski definition) is 6. The van der Waals surface area contributed by atoms with Crippen LogP contribution in [0.4, 0.5) is 5.82 Å². The molecule has 2 aliphatic rings. The Kier molecular flexibility index (Phi) is 6.16. The summed E-state index contributed by atoms with van der Waals surface area (Å²) < 4.78 is 5.07. The van der Waals surface area contributed by atoms with Crippen LogP contribution in [0.5, 0.6) is 0 Å². The first-order chi connectivity index (χ1) is 16.6. The molecule has 2 aromatic heterocycles. The largest absolute Gasteiger partial charge is 0.384 e. The number of carbonyl (C=O) groups excluding carboxylic acids is 1. The predicted molar refractivity (Wildman–Crippen MR) is 132 cm³/mol. The summed E-state index contributed by atoms with van der Waals surface area (Å²) in [6.45, 7) is 4.42. The molecule has 2 fully saturated rings. The maximum atomic E-state index is 12.5. The van der Waals surface area contributed by atoms with Gasteiger partial charge in [-0.3, -0.25) is 9.78 Å². The quantitative estimate of drug-likeness (QED) is 0.556. The molecular weight excluding hydrogens is 426 g/mol. The molecule has 34 heavy (non-hydrogen) atoms. The lowest BCUT2D eigenvalue weighted by Crippen LogP contribution is -2.54. The highest BCUT2D eigenvalue weighted by Crippen LogP contribution is 2.46. The summed E-state index contributed by atoms with van der Waals surface area (Å²) in [5.74, 6) is 1.27. The molecule has 0 N–H and O–H groups in total. The molecular formula is C27H29N5O2. The average molecular weight is 456 g/mol. The standard InChI is InChI=1S/C27H29N5O2/c1-18-17-31(11-12-32(18)25(33)9-13-34-2)27-21(15-28)14-23(26(30-27)20-6-7-20)22-5-3-4-19-8-10-29-16-24(19)22/h3-5,8,10,14,16,18,20H,6-7,9,11-13,17H2,1-2H3/t18-/m1/s1. The van der Waals surface area contributed by atoms with Crippen molar-refractivity contribution in [2.24, 2.45) is 0 Å². The molecule has 0 unspecified atom stereocenters. The molecule has 1 aliphatic carbocycles. The second-order valence-electron chi connectivity index (χ2n) is 9.21. The maximum absolute atomic E-state index is 12.5. The minimum Gasteiger partial charge on any atom is -0.384 e. The van der Waals surface area contributed by atoms with Gasteiger partial charge in [-0.25, -0.2) is 4.98 Å². The highest BCUT2D eigenvalue weighted by atomic mass is 16.5. The number of piperazine rings is 1. The third-order valence-electron chi connectivity index (χ3n) is 6.86. The number of benzene rings is 1. The Morgan fingerprint density at radius 2 is 2.09 bits per heavy atom. The van der Waals surface area contributed by atoms with E-state index in [1.807, 2.05) is 23.2 Å². The van der Waals surface area contributed by atoms with Crippen LogP contribution in [0.1, 0.15) is 43.4 Å². The maximum Gasteiger partial charge on any atom is 0.225 e. The van der Waals surface area contributed by atoms with Crippen LogP contribution in [-0.2, 0) is 9.53 Å². The first-order valence-electron chi connectivity index (χ1n) is 11.9. The Morgan fingerprint density at radius 3 is 2.82 bits per heavy atom. The van der Waals surface area contributed by atoms with E-state index in [0.717, 1.165) is 46.3 Å². The molecule has 1 aromatic carbocycles. The van der Waals surface area contributed by atoms with Crippen molar-refractivity contribution in [3.8, 4) is 17.2 Å². The van der Waals surface area contributed by atoms with Gasteiger partial charge in [0, 0.05) is 62.0 Å². The highest BCUT2D eigenvalue weighted by molar-refractivity contribution is 5.97.